The van der Waals surface area contributed by atoms with Gasteiger partial charge in [-0.25, -0.2) is 18.7 Å². The normalized spacial score (nSPS) is 16.3. The molecule has 150 valence electrons. The first-order chi connectivity index (χ1) is 14.0. The Kier molecular flexibility index (Phi) is 5.20. The number of pyridine rings is 2. The van der Waals surface area contributed by atoms with Crippen LogP contribution in [-0.2, 0) is 11.3 Å². The molecule has 9 heteroatoms. The van der Waals surface area contributed by atoms with Gasteiger partial charge in [0.25, 0.3) is 6.43 Å². The summed E-state index contributed by atoms with van der Waals surface area (Å²) >= 11 is 0. The van der Waals surface area contributed by atoms with E-state index in [1.165, 1.54) is 18.3 Å². The van der Waals surface area contributed by atoms with Crippen LogP contribution < -0.4 is 10.6 Å². The molecule has 0 aliphatic carbocycles. The van der Waals surface area contributed by atoms with E-state index in [1.807, 2.05) is 29.9 Å². The number of rotatable bonds is 6. The molecule has 0 saturated carbocycles. The highest BCUT2D eigenvalue weighted by Gasteiger charge is 2.22. The summed E-state index contributed by atoms with van der Waals surface area (Å²) in [5, 5.41) is 10.2. The van der Waals surface area contributed by atoms with Gasteiger partial charge in [0.15, 0.2) is 0 Å². The van der Waals surface area contributed by atoms with Crippen LogP contribution in [0, 0.1) is 12.8 Å². The van der Waals surface area contributed by atoms with Crippen molar-refractivity contribution in [1.29, 1.82) is 0 Å². The molecule has 4 heterocycles. The minimum Gasteiger partial charge on any atom is -0.356 e. The Morgan fingerprint density at radius 2 is 2.17 bits per heavy atom. The van der Waals surface area contributed by atoms with Gasteiger partial charge in [0.2, 0.25) is 5.91 Å². The van der Waals surface area contributed by atoms with E-state index in [1.54, 1.807) is 6.20 Å². The molecule has 3 aromatic heterocycles. The van der Waals surface area contributed by atoms with Gasteiger partial charge in [-0.2, -0.15) is 5.10 Å². The smallest absolute Gasteiger partial charge is 0.264 e. The molecule has 3 aromatic rings. The Labute approximate surface area is 166 Å². The van der Waals surface area contributed by atoms with Crippen LogP contribution in [0.4, 0.5) is 20.4 Å². The van der Waals surface area contributed by atoms with Crippen LogP contribution in [-0.4, -0.2) is 32.2 Å². The zero-order valence-electron chi connectivity index (χ0n) is 15.8. The Balaban J connectivity index is 1.53. The van der Waals surface area contributed by atoms with Crippen LogP contribution in [0.15, 0.2) is 42.9 Å². The standard InChI is InChI=1S/C20H20F2N6O/c1-12-4-16(15-9-25-28(11-15)10-13-6-19(29)24-8-13)26-18(5-12)27-17-7-14(20(21)22)2-3-23-17/h2-5,7,9,11,13,20H,6,8,10H2,1H3,(H,24,29)(H,23,26,27). The Morgan fingerprint density at radius 3 is 2.93 bits per heavy atom. The minimum atomic E-state index is -2.56. The number of carbonyl (C=O) groups is 1. The van der Waals surface area contributed by atoms with Crippen molar-refractivity contribution >= 4 is 17.5 Å². The Morgan fingerprint density at radius 1 is 1.31 bits per heavy atom. The Hall–Kier alpha value is -3.36. The summed E-state index contributed by atoms with van der Waals surface area (Å²) in [5.41, 5.74) is 2.41. The molecule has 0 aromatic carbocycles. The predicted molar refractivity (Wildman–Crippen MR) is 104 cm³/mol. The number of nitrogens with zero attached hydrogens (tertiary/aromatic N) is 4. The van der Waals surface area contributed by atoms with Crippen molar-refractivity contribution in [3.63, 3.8) is 0 Å². The summed E-state index contributed by atoms with van der Waals surface area (Å²) < 4.78 is 27.6. The van der Waals surface area contributed by atoms with Crippen molar-refractivity contribution in [1.82, 2.24) is 25.1 Å². The van der Waals surface area contributed by atoms with Crippen molar-refractivity contribution in [2.24, 2.45) is 5.92 Å². The van der Waals surface area contributed by atoms with Crippen molar-refractivity contribution < 1.29 is 13.6 Å². The number of amides is 1. The first kappa shape index (κ1) is 19.0. The number of aromatic nitrogens is 4. The monoisotopic (exact) mass is 398 g/mol. The predicted octanol–water partition coefficient (Wildman–Crippen LogP) is 3.47. The van der Waals surface area contributed by atoms with E-state index in [4.69, 9.17) is 0 Å². The SMILES string of the molecule is Cc1cc(Nc2cc(C(F)F)ccn2)nc(-c2cnn(CC3CNC(=O)C3)c2)c1. The molecule has 29 heavy (non-hydrogen) atoms. The van der Waals surface area contributed by atoms with Gasteiger partial charge in [-0.15, -0.1) is 0 Å². The minimum absolute atomic E-state index is 0.0722. The lowest BCUT2D eigenvalue weighted by atomic mass is 10.1. The molecule has 1 atom stereocenters. The van der Waals surface area contributed by atoms with Crippen molar-refractivity contribution in [3.8, 4) is 11.3 Å². The van der Waals surface area contributed by atoms with Gasteiger partial charge in [0.05, 0.1) is 11.9 Å². The number of hydrogen-bond donors (Lipinski definition) is 2. The summed E-state index contributed by atoms with van der Waals surface area (Å²) in [6.07, 6.45) is 2.91. The molecule has 0 radical (unpaired) electrons. The van der Waals surface area contributed by atoms with Crippen molar-refractivity contribution in [2.45, 2.75) is 26.3 Å². The lowest BCUT2D eigenvalue weighted by Crippen LogP contribution is -2.16. The number of anilines is 2. The summed E-state index contributed by atoms with van der Waals surface area (Å²) in [6, 6.07) is 6.34. The molecule has 1 amide bonds. The molecule has 1 unspecified atom stereocenters. The highest BCUT2D eigenvalue weighted by atomic mass is 19.3. The fraction of sp³-hybridized carbons (Fsp3) is 0.300. The van der Waals surface area contributed by atoms with E-state index in [9.17, 15) is 13.6 Å². The highest BCUT2D eigenvalue weighted by molar-refractivity contribution is 5.78. The third-order valence-corrected chi connectivity index (χ3v) is 4.70. The topological polar surface area (TPSA) is 84.7 Å². The molecule has 1 aliphatic heterocycles. The number of nitrogens with one attached hydrogen (secondary N) is 2. The largest absolute Gasteiger partial charge is 0.356 e. The molecule has 1 aliphatic rings. The van der Waals surface area contributed by atoms with Crippen LogP contribution in [0.3, 0.4) is 0 Å². The van der Waals surface area contributed by atoms with Gasteiger partial charge in [0, 0.05) is 48.9 Å². The fourth-order valence-electron chi connectivity index (χ4n) is 3.32. The first-order valence-corrected chi connectivity index (χ1v) is 9.25. The molecule has 7 nitrogen and oxygen atoms in total. The van der Waals surface area contributed by atoms with Gasteiger partial charge < -0.3 is 10.6 Å². The number of hydrogen-bond acceptors (Lipinski definition) is 5. The second-order valence-corrected chi connectivity index (χ2v) is 7.14. The fourth-order valence-corrected chi connectivity index (χ4v) is 3.32. The van der Waals surface area contributed by atoms with E-state index >= 15 is 0 Å². The third-order valence-electron chi connectivity index (χ3n) is 4.70. The molecular formula is C20H20F2N6O. The van der Waals surface area contributed by atoms with E-state index in [2.05, 4.69) is 25.7 Å². The first-order valence-electron chi connectivity index (χ1n) is 9.25. The van der Waals surface area contributed by atoms with Crippen LogP contribution in [0.1, 0.15) is 24.0 Å². The average Bonchev–Trinajstić information content (AvgIpc) is 3.31. The van der Waals surface area contributed by atoms with Gasteiger partial charge >= 0.3 is 0 Å². The highest BCUT2D eigenvalue weighted by Crippen LogP contribution is 2.25. The summed E-state index contributed by atoms with van der Waals surface area (Å²) in [5.74, 6) is 1.12. The van der Waals surface area contributed by atoms with Crippen LogP contribution in [0.2, 0.25) is 0 Å². The molecule has 4 rings (SSSR count). The van der Waals surface area contributed by atoms with E-state index < -0.39 is 6.43 Å². The summed E-state index contributed by atoms with van der Waals surface area (Å²) in [6.45, 7) is 3.25. The average molecular weight is 398 g/mol. The van der Waals surface area contributed by atoms with Gasteiger partial charge in [-0.05, 0) is 36.8 Å². The number of aryl methyl sites for hydroxylation is 1. The van der Waals surface area contributed by atoms with Gasteiger partial charge in [0.1, 0.15) is 11.6 Å². The summed E-state index contributed by atoms with van der Waals surface area (Å²) in [4.78, 5) is 20.0. The summed E-state index contributed by atoms with van der Waals surface area (Å²) in [7, 11) is 0. The number of carbonyl (C=O) groups excluding carboxylic acids is 1. The second kappa shape index (κ2) is 7.94. The zero-order chi connectivity index (χ0) is 20.4. The van der Waals surface area contributed by atoms with Crippen LogP contribution in [0.5, 0.6) is 0 Å². The van der Waals surface area contributed by atoms with Crippen LogP contribution >= 0.6 is 0 Å². The van der Waals surface area contributed by atoms with Gasteiger partial charge in [-0.3, -0.25) is 9.48 Å². The Bertz CT molecular complexity index is 1040. The van der Waals surface area contributed by atoms with E-state index in [0.717, 1.165) is 11.1 Å². The van der Waals surface area contributed by atoms with E-state index in [0.29, 0.717) is 36.8 Å². The maximum absolute atomic E-state index is 12.9. The zero-order valence-corrected chi connectivity index (χ0v) is 15.8. The van der Waals surface area contributed by atoms with E-state index in [-0.39, 0.29) is 17.4 Å². The molecule has 1 saturated heterocycles. The maximum atomic E-state index is 12.9. The molecular weight excluding hydrogens is 378 g/mol. The third kappa shape index (κ3) is 4.56. The number of halogens is 2. The lowest BCUT2D eigenvalue weighted by Gasteiger charge is -2.09. The molecule has 1 fully saturated rings. The van der Waals surface area contributed by atoms with Gasteiger partial charge in [-0.1, -0.05) is 0 Å². The maximum Gasteiger partial charge on any atom is 0.264 e. The quantitative estimate of drug-likeness (QED) is 0.664. The molecule has 2 N–H and O–H groups in total. The van der Waals surface area contributed by atoms with Crippen LogP contribution in [0.25, 0.3) is 11.3 Å². The second-order valence-electron chi connectivity index (χ2n) is 7.14. The number of alkyl halides is 2. The van der Waals surface area contributed by atoms with Crippen molar-refractivity contribution in [3.05, 3.63) is 54.0 Å². The molecule has 0 bridgehead atoms. The molecule has 0 spiro atoms. The lowest BCUT2D eigenvalue weighted by molar-refractivity contribution is -0.119. The van der Waals surface area contributed by atoms with Crippen molar-refractivity contribution in [2.75, 3.05) is 11.9 Å².